The molecule has 8 heteroatoms. The predicted molar refractivity (Wildman–Crippen MR) is 109 cm³/mol. The van der Waals surface area contributed by atoms with Gasteiger partial charge < -0.3 is 15.4 Å². The third-order valence-corrected chi connectivity index (χ3v) is 5.44. The molecule has 2 aliphatic rings. The SMILES string of the molecule is O=C(CC1Cn2ncc(-c3ccccc3)c2NC1=O)NCCCN1CCOCC1. The van der Waals surface area contributed by atoms with Gasteiger partial charge in [0.25, 0.3) is 0 Å². The van der Waals surface area contributed by atoms with Gasteiger partial charge >= 0.3 is 0 Å². The first-order valence-corrected chi connectivity index (χ1v) is 10.2. The van der Waals surface area contributed by atoms with Crippen molar-refractivity contribution in [2.75, 3.05) is 44.7 Å². The normalized spacial score (nSPS) is 19.4. The number of fused-ring (bicyclic) bond motifs is 1. The van der Waals surface area contributed by atoms with Gasteiger partial charge in [0.05, 0.1) is 31.9 Å². The summed E-state index contributed by atoms with van der Waals surface area (Å²) >= 11 is 0. The highest BCUT2D eigenvalue weighted by molar-refractivity contribution is 5.98. The monoisotopic (exact) mass is 397 g/mol. The number of morpholine rings is 1. The number of nitrogens with zero attached hydrogens (tertiary/aromatic N) is 3. The Bertz CT molecular complexity index is 845. The molecule has 1 fully saturated rings. The highest BCUT2D eigenvalue weighted by Gasteiger charge is 2.30. The first-order chi connectivity index (χ1) is 14.2. The van der Waals surface area contributed by atoms with Crippen LogP contribution < -0.4 is 10.6 Å². The van der Waals surface area contributed by atoms with Crippen molar-refractivity contribution in [3.8, 4) is 11.1 Å². The van der Waals surface area contributed by atoms with Crippen LogP contribution in [0, 0.1) is 5.92 Å². The van der Waals surface area contributed by atoms with Crippen LogP contribution in [0.1, 0.15) is 12.8 Å². The van der Waals surface area contributed by atoms with Crippen molar-refractivity contribution < 1.29 is 14.3 Å². The van der Waals surface area contributed by atoms with Crippen molar-refractivity contribution in [3.63, 3.8) is 0 Å². The minimum atomic E-state index is -0.412. The highest BCUT2D eigenvalue weighted by Crippen LogP contribution is 2.31. The molecule has 4 rings (SSSR count). The van der Waals surface area contributed by atoms with E-state index < -0.39 is 5.92 Å². The molecule has 1 aromatic carbocycles. The Morgan fingerprint density at radius 3 is 2.83 bits per heavy atom. The van der Waals surface area contributed by atoms with Crippen LogP contribution >= 0.6 is 0 Å². The molecule has 1 saturated heterocycles. The number of aromatic nitrogens is 2. The van der Waals surface area contributed by atoms with E-state index in [1.165, 1.54) is 0 Å². The molecular formula is C21H27N5O3. The standard InChI is InChI=1S/C21H27N5O3/c27-19(22-7-4-8-25-9-11-29-12-10-25)13-17-15-26-20(24-21(17)28)18(14-23-26)16-5-2-1-3-6-16/h1-3,5-6,14,17H,4,7-13,15H2,(H,22,27)(H,24,28). The zero-order valence-corrected chi connectivity index (χ0v) is 16.5. The number of carbonyl (C=O) groups excluding carboxylic acids is 2. The van der Waals surface area contributed by atoms with Gasteiger partial charge in [-0.1, -0.05) is 30.3 Å². The summed E-state index contributed by atoms with van der Waals surface area (Å²) in [6, 6.07) is 9.83. The summed E-state index contributed by atoms with van der Waals surface area (Å²) in [7, 11) is 0. The van der Waals surface area contributed by atoms with Gasteiger partial charge in [-0.15, -0.1) is 0 Å². The second-order valence-corrected chi connectivity index (χ2v) is 7.50. The molecule has 1 unspecified atom stereocenters. The first kappa shape index (κ1) is 19.6. The number of anilines is 1. The molecule has 0 spiro atoms. The maximum absolute atomic E-state index is 12.6. The molecule has 0 bridgehead atoms. The number of nitrogens with one attached hydrogen (secondary N) is 2. The number of benzene rings is 1. The molecule has 2 amide bonds. The molecule has 154 valence electrons. The minimum absolute atomic E-state index is 0.0917. The molecule has 0 saturated carbocycles. The third-order valence-electron chi connectivity index (χ3n) is 5.44. The fraction of sp³-hybridized carbons (Fsp3) is 0.476. The Balaban J connectivity index is 1.27. The molecule has 2 aliphatic heterocycles. The van der Waals surface area contributed by atoms with E-state index in [0.29, 0.717) is 18.9 Å². The van der Waals surface area contributed by atoms with E-state index in [4.69, 9.17) is 4.74 Å². The summed E-state index contributed by atoms with van der Waals surface area (Å²) in [5.41, 5.74) is 1.90. The summed E-state index contributed by atoms with van der Waals surface area (Å²) < 4.78 is 7.11. The molecule has 0 radical (unpaired) electrons. The van der Waals surface area contributed by atoms with Crippen LogP contribution in [0.15, 0.2) is 36.5 Å². The van der Waals surface area contributed by atoms with Crippen LogP contribution in [0.3, 0.4) is 0 Å². The Hall–Kier alpha value is -2.71. The predicted octanol–water partition coefficient (Wildman–Crippen LogP) is 1.35. The molecule has 3 heterocycles. The van der Waals surface area contributed by atoms with Gasteiger partial charge in [-0.05, 0) is 18.5 Å². The molecule has 1 aromatic heterocycles. The lowest BCUT2D eigenvalue weighted by molar-refractivity contribution is -0.128. The molecule has 8 nitrogen and oxygen atoms in total. The lowest BCUT2D eigenvalue weighted by Gasteiger charge is -2.26. The number of amides is 2. The quantitative estimate of drug-likeness (QED) is 0.689. The van der Waals surface area contributed by atoms with Gasteiger partial charge in [0.15, 0.2) is 0 Å². The van der Waals surface area contributed by atoms with Crippen molar-refractivity contribution in [2.24, 2.45) is 5.92 Å². The Labute approximate surface area is 170 Å². The second kappa shape index (κ2) is 9.19. The van der Waals surface area contributed by atoms with Crippen LogP contribution in [0.25, 0.3) is 11.1 Å². The molecule has 1 atom stereocenters. The molecule has 2 aromatic rings. The van der Waals surface area contributed by atoms with E-state index in [-0.39, 0.29) is 18.2 Å². The van der Waals surface area contributed by atoms with Crippen LogP contribution in [0.5, 0.6) is 0 Å². The van der Waals surface area contributed by atoms with Crippen molar-refractivity contribution in [1.29, 1.82) is 0 Å². The molecule has 29 heavy (non-hydrogen) atoms. The Kier molecular flexibility index (Phi) is 6.21. The second-order valence-electron chi connectivity index (χ2n) is 7.50. The van der Waals surface area contributed by atoms with E-state index in [1.54, 1.807) is 10.9 Å². The van der Waals surface area contributed by atoms with Gasteiger partial charge in [-0.3, -0.25) is 14.5 Å². The average Bonchev–Trinajstić information content (AvgIpc) is 3.15. The van der Waals surface area contributed by atoms with Gasteiger partial charge in [0, 0.05) is 31.6 Å². The summed E-state index contributed by atoms with van der Waals surface area (Å²) in [5.74, 6) is 0.0679. The Morgan fingerprint density at radius 2 is 2.03 bits per heavy atom. The van der Waals surface area contributed by atoms with Crippen LogP contribution in [0.4, 0.5) is 5.82 Å². The van der Waals surface area contributed by atoms with E-state index in [9.17, 15) is 9.59 Å². The van der Waals surface area contributed by atoms with Gasteiger partial charge in [-0.2, -0.15) is 5.10 Å². The van der Waals surface area contributed by atoms with E-state index in [1.807, 2.05) is 30.3 Å². The number of hydrogen-bond acceptors (Lipinski definition) is 5. The van der Waals surface area contributed by atoms with Crippen molar-refractivity contribution in [1.82, 2.24) is 20.0 Å². The van der Waals surface area contributed by atoms with Crippen molar-refractivity contribution >= 4 is 17.6 Å². The fourth-order valence-corrected chi connectivity index (χ4v) is 3.80. The highest BCUT2D eigenvalue weighted by atomic mass is 16.5. The van der Waals surface area contributed by atoms with Crippen LogP contribution in [0.2, 0.25) is 0 Å². The van der Waals surface area contributed by atoms with E-state index in [2.05, 4.69) is 20.6 Å². The zero-order valence-electron chi connectivity index (χ0n) is 16.5. The van der Waals surface area contributed by atoms with E-state index >= 15 is 0 Å². The van der Waals surface area contributed by atoms with Crippen molar-refractivity contribution in [3.05, 3.63) is 36.5 Å². The largest absolute Gasteiger partial charge is 0.379 e. The summed E-state index contributed by atoms with van der Waals surface area (Å²) in [6.45, 7) is 5.45. The van der Waals surface area contributed by atoms with Crippen LogP contribution in [-0.4, -0.2) is 65.9 Å². The van der Waals surface area contributed by atoms with E-state index in [0.717, 1.165) is 50.4 Å². The lowest BCUT2D eigenvalue weighted by atomic mass is 10.0. The molecule has 2 N–H and O–H groups in total. The Morgan fingerprint density at radius 1 is 1.24 bits per heavy atom. The summed E-state index contributed by atoms with van der Waals surface area (Å²) in [5, 5.41) is 10.3. The topological polar surface area (TPSA) is 88.5 Å². The summed E-state index contributed by atoms with van der Waals surface area (Å²) in [4.78, 5) is 27.2. The molecule has 0 aliphatic carbocycles. The van der Waals surface area contributed by atoms with Crippen molar-refractivity contribution in [2.45, 2.75) is 19.4 Å². The third kappa shape index (κ3) is 4.83. The number of hydrogen-bond donors (Lipinski definition) is 2. The first-order valence-electron chi connectivity index (χ1n) is 10.2. The number of carbonyl (C=O) groups is 2. The zero-order chi connectivity index (χ0) is 20.1. The maximum Gasteiger partial charge on any atom is 0.231 e. The lowest BCUT2D eigenvalue weighted by Crippen LogP contribution is -2.39. The number of ether oxygens (including phenoxy) is 1. The van der Waals surface area contributed by atoms with Gasteiger partial charge in [0.1, 0.15) is 5.82 Å². The fourth-order valence-electron chi connectivity index (χ4n) is 3.80. The van der Waals surface area contributed by atoms with Gasteiger partial charge in [0.2, 0.25) is 11.8 Å². The smallest absolute Gasteiger partial charge is 0.231 e. The maximum atomic E-state index is 12.6. The van der Waals surface area contributed by atoms with Crippen LogP contribution in [-0.2, 0) is 20.9 Å². The average molecular weight is 397 g/mol. The number of rotatable bonds is 7. The molecular weight excluding hydrogens is 370 g/mol. The summed E-state index contributed by atoms with van der Waals surface area (Å²) in [6.07, 6.45) is 2.83. The minimum Gasteiger partial charge on any atom is -0.379 e. The van der Waals surface area contributed by atoms with Gasteiger partial charge in [-0.25, -0.2) is 4.68 Å².